The minimum absolute atomic E-state index is 0.0377. The van der Waals surface area contributed by atoms with E-state index in [9.17, 15) is 9.59 Å². The van der Waals surface area contributed by atoms with Gasteiger partial charge in [-0.05, 0) is 43.5 Å². The smallest absolute Gasteiger partial charge is 0.254 e. The Bertz CT molecular complexity index is 799. The largest absolute Gasteiger partial charge is 0.340 e. The highest BCUT2D eigenvalue weighted by Gasteiger charge is 2.33. The van der Waals surface area contributed by atoms with E-state index in [1.165, 1.54) is 0 Å². The zero-order valence-electron chi connectivity index (χ0n) is 14.1. The first-order valence-electron chi connectivity index (χ1n) is 8.65. The molecule has 0 aliphatic carbocycles. The third-order valence-corrected chi connectivity index (χ3v) is 4.85. The predicted molar refractivity (Wildman–Crippen MR) is 90.1 cm³/mol. The second kappa shape index (κ2) is 6.31. The fraction of sp³-hybridized carbons (Fsp3) is 0.444. The molecular weight excluding hydrogens is 320 g/mol. The van der Waals surface area contributed by atoms with Crippen LogP contribution in [-0.2, 0) is 4.79 Å². The predicted octanol–water partition coefficient (Wildman–Crippen LogP) is 2.48. The van der Waals surface area contributed by atoms with Crippen molar-refractivity contribution >= 4 is 17.5 Å². The molecular formula is C18H20N4O3. The van der Waals surface area contributed by atoms with Crippen LogP contribution in [0.15, 0.2) is 28.8 Å². The lowest BCUT2D eigenvalue weighted by molar-refractivity contribution is -0.117. The monoisotopic (exact) mass is 340 g/mol. The summed E-state index contributed by atoms with van der Waals surface area (Å²) in [4.78, 5) is 32.6. The quantitative estimate of drug-likeness (QED) is 0.857. The number of rotatable bonds is 3. The van der Waals surface area contributed by atoms with Gasteiger partial charge in [0.1, 0.15) is 0 Å². The van der Waals surface area contributed by atoms with E-state index >= 15 is 0 Å². The zero-order valence-corrected chi connectivity index (χ0v) is 14.1. The van der Waals surface area contributed by atoms with Crippen molar-refractivity contribution in [1.29, 1.82) is 0 Å². The van der Waals surface area contributed by atoms with Crippen LogP contribution in [0.25, 0.3) is 0 Å². The van der Waals surface area contributed by atoms with Gasteiger partial charge in [0, 0.05) is 37.7 Å². The van der Waals surface area contributed by atoms with Crippen LogP contribution in [0.1, 0.15) is 53.8 Å². The number of carbonyl (C=O) groups is 2. The molecule has 1 atom stereocenters. The van der Waals surface area contributed by atoms with Gasteiger partial charge in [-0.25, -0.2) is 0 Å². The van der Waals surface area contributed by atoms with Gasteiger partial charge in [-0.1, -0.05) is 5.16 Å². The molecule has 0 spiro atoms. The van der Waals surface area contributed by atoms with E-state index in [4.69, 9.17) is 4.52 Å². The van der Waals surface area contributed by atoms with E-state index in [0.29, 0.717) is 30.2 Å². The number of hydrogen-bond donors (Lipinski definition) is 0. The number of amides is 2. The normalized spacial score (nSPS) is 20.5. The Balaban J connectivity index is 1.53. The molecule has 2 aliphatic rings. The second-order valence-corrected chi connectivity index (χ2v) is 6.52. The summed E-state index contributed by atoms with van der Waals surface area (Å²) in [6, 6.07) is 7.14. The van der Waals surface area contributed by atoms with Crippen molar-refractivity contribution in [3.05, 3.63) is 41.5 Å². The lowest BCUT2D eigenvalue weighted by Crippen LogP contribution is -2.31. The molecule has 2 fully saturated rings. The molecule has 7 heteroatoms. The van der Waals surface area contributed by atoms with Gasteiger partial charge < -0.3 is 14.3 Å². The number of hydrogen-bond acceptors (Lipinski definition) is 5. The third-order valence-electron chi connectivity index (χ3n) is 4.85. The lowest BCUT2D eigenvalue weighted by Gasteiger charge is -2.23. The van der Waals surface area contributed by atoms with Crippen molar-refractivity contribution in [3.8, 4) is 0 Å². The van der Waals surface area contributed by atoms with E-state index < -0.39 is 0 Å². The summed E-state index contributed by atoms with van der Waals surface area (Å²) >= 11 is 0. The van der Waals surface area contributed by atoms with Crippen molar-refractivity contribution in [1.82, 2.24) is 15.0 Å². The Morgan fingerprint density at radius 1 is 1.20 bits per heavy atom. The summed E-state index contributed by atoms with van der Waals surface area (Å²) < 4.78 is 5.06. The van der Waals surface area contributed by atoms with Crippen LogP contribution in [0.3, 0.4) is 0 Å². The van der Waals surface area contributed by atoms with Crippen LogP contribution in [0.4, 0.5) is 5.69 Å². The minimum Gasteiger partial charge on any atom is -0.340 e. The van der Waals surface area contributed by atoms with Crippen molar-refractivity contribution in [2.75, 3.05) is 18.0 Å². The Morgan fingerprint density at radius 3 is 2.64 bits per heavy atom. The van der Waals surface area contributed by atoms with E-state index in [-0.39, 0.29) is 17.9 Å². The Labute approximate surface area is 145 Å². The molecule has 0 bridgehead atoms. The highest BCUT2D eigenvalue weighted by atomic mass is 16.5. The standard InChI is InChI=1S/C18H20N4O3/c1-12-19-17(20-25-12)15-4-2-11-22(15)18(24)13-6-8-14(9-7-13)21-10-3-5-16(21)23/h6-9,15H,2-5,10-11H2,1H3/t15-/m1/s1. The van der Waals surface area contributed by atoms with E-state index in [1.54, 1.807) is 28.9 Å². The Morgan fingerprint density at radius 2 is 2.00 bits per heavy atom. The number of aryl methyl sites for hydroxylation is 1. The zero-order chi connectivity index (χ0) is 17.4. The third kappa shape index (κ3) is 2.90. The summed E-state index contributed by atoms with van der Waals surface area (Å²) in [6.45, 7) is 3.18. The lowest BCUT2D eigenvalue weighted by atomic mass is 10.1. The van der Waals surface area contributed by atoms with Gasteiger partial charge >= 0.3 is 0 Å². The van der Waals surface area contributed by atoms with Crippen molar-refractivity contribution in [3.63, 3.8) is 0 Å². The maximum Gasteiger partial charge on any atom is 0.254 e. The second-order valence-electron chi connectivity index (χ2n) is 6.52. The maximum atomic E-state index is 12.9. The average molecular weight is 340 g/mol. The molecule has 2 aromatic rings. The van der Waals surface area contributed by atoms with Crippen LogP contribution in [0, 0.1) is 6.92 Å². The van der Waals surface area contributed by atoms with Gasteiger partial charge in [0.15, 0.2) is 5.82 Å². The van der Waals surface area contributed by atoms with Crippen LogP contribution in [-0.4, -0.2) is 39.9 Å². The van der Waals surface area contributed by atoms with Crippen LogP contribution in [0.2, 0.25) is 0 Å². The molecule has 2 aliphatic heterocycles. The van der Waals surface area contributed by atoms with Gasteiger partial charge in [-0.2, -0.15) is 4.98 Å². The molecule has 2 amide bonds. The summed E-state index contributed by atoms with van der Waals surface area (Å²) in [5.41, 5.74) is 1.47. The van der Waals surface area contributed by atoms with Gasteiger partial charge in [0.25, 0.3) is 5.91 Å². The van der Waals surface area contributed by atoms with Gasteiger partial charge in [-0.15, -0.1) is 0 Å². The van der Waals surface area contributed by atoms with Gasteiger partial charge in [-0.3, -0.25) is 9.59 Å². The molecule has 130 valence electrons. The van der Waals surface area contributed by atoms with E-state index in [0.717, 1.165) is 31.5 Å². The number of aromatic nitrogens is 2. The highest BCUT2D eigenvalue weighted by molar-refractivity contribution is 5.97. The minimum atomic E-state index is -0.134. The van der Waals surface area contributed by atoms with Crippen LogP contribution < -0.4 is 4.90 Å². The molecule has 0 saturated carbocycles. The molecule has 25 heavy (non-hydrogen) atoms. The van der Waals surface area contributed by atoms with Crippen LogP contribution >= 0.6 is 0 Å². The first-order valence-corrected chi connectivity index (χ1v) is 8.65. The molecule has 3 heterocycles. The molecule has 0 N–H and O–H groups in total. The van der Waals surface area contributed by atoms with E-state index in [2.05, 4.69) is 10.1 Å². The number of anilines is 1. The molecule has 4 rings (SSSR count). The van der Waals surface area contributed by atoms with Crippen molar-refractivity contribution < 1.29 is 14.1 Å². The molecule has 2 saturated heterocycles. The van der Waals surface area contributed by atoms with Gasteiger partial charge in [0.05, 0.1) is 6.04 Å². The molecule has 0 unspecified atom stereocenters. The Kier molecular flexibility index (Phi) is 3.99. The summed E-state index contributed by atoms with van der Waals surface area (Å²) in [5, 5.41) is 3.97. The fourth-order valence-electron chi connectivity index (χ4n) is 3.60. The van der Waals surface area contributed by atoms with Crippen molar-refractivity contribution in [2.45, 2.75) is 38.6 Å². The van der Waals surface area contributed by atoms with E-state index in [1.807, 2.05) is 12.1 Å². The highest BCUT2D eigenvalue weighted by Crippen LogP contribution is 2.32. The maximum absolute atomic E-state index is 12.9. The Hall–Kier alpha value is -2.70. The molecule has 1 aromatic carbocycles. The fourth-order valence-corrected chi connectivity index (χ4v) is 3.60. The molecule has 7 nitrogen and oxygen atoms in total. The van der Waals surface area contributed by atoms with Crippen LogP contribution in [0.5, 0.6) is 0 Å². The first kappa shape index (κ1) is 15.8. The number of likely N-dealkylation sites (tertiary alicyclic amines) is 1. The van der Waals surface area contributed by atoms with Crippen molar-refractivity contribution in [2.24, 2.45) is 0 Å². The first-order chi connectivity index (χ1) is 12.1. The number of carbonyl (C=O) groups excluding carboxylic acids is 2. The molecule has 0 radical (unpaired) electrons. The van der Waals surface area contributed by atoms with Gasteiger partial charge in [0.2, 0.25) is 11.8 Å². The summed E-state index contributed by atoms with van der Waals surface area (Å²) in [7, 11) is 0. The summed E-state index contributed by atoms with van der Waals surface area (Å²) in [6.07, 6.45) is 3.24. The number of nitrogens with zero attached hydrogens (tertiary/aromatic N) is 4. The SMILES string of the molecule is Cc1nc([C@H]2CCCN2C(=O)c2ccc(N3CCCC3=O)cc2)no1. The summed E-state index contributed by atoms with van der Waals surface area (Å²) in [5.74, 6) is 1.19. The molecule has 1 aromatic heterocycles. The topological polar surface area (TPSA) is 79.5 Å². The average Bonchev–Trinajstić information content (AvgIpc) is 3.34. The number of benzene rings is 1.